The van der Waals surface area contributed by atoms with Crippen molar-refractivity contribution in [2.24, 2.45) is 7.05 Å². The summed E-state index contributed by atoms with van der Waals surface area (Å²) in [7, 11) is 1.86. The summed E-state index contributed by atoms with van der Waals surface area (Å²) in [6.45, 7) is 1.95. The molecular weight excluding hydrogens is 219 g/mol. The number of halogens is 1. The Morgan fingerprint density at radius 1 is 1.35 bits per heavy atom. The summed E-state index contributed by atoms with van der Waals surface area (Å²) in [5.74, 6) is 0.335. The molecule has 0 saturated carbocycles. The van der Waals surface area contributed by atoms with Crippen molar-refractivity contribution in [2.75, 3.05) is 0 Å². The Morgan fingerprint density at radius 2 is 2.18 bits per heavy atom. The SMILES string of the molecule is Cc1c(-c2nc3c(F)cccc3[nH]2)cnn1C. The fourth-order valence-electron chi connectivity index (χ4n) is 1.86. The van der Waals surface area contributed by atoms with Crippen molar-refractivity contribution in [1.29, 1.82) is 0 Å². The maximum Gasteiger partial charge on any atom is 0.151 e. The fourth-order valence-corrected chi connectivity index (χ4v) is 1.86. The molecule has 0 aliphatic carbocycles. The first-order valence-corrected chi connectivity index (χ1v) is 5.30. The Hall–Kier alpha value is -2.17. The van der Waals surface area contributed by atoms with Gasteiger partial charge < -0.3 is 4.98 Å². The van der Waals surface area contributed by atoms with Gasteiger partial charge in [-0.3, -0.25) is 4.68 Å². The zero-order valence-electron chi connectivity index (χ0n) is 9.53. The van der Waals surface area contributed by atoms with Gasteiger partial charge in [0.05, 0.1) is 17.3 Å². The Bertz CT molecular complexity index is 696. The van der Waals surface area contributed by atoms with Crippen LogP contribution in [-0.2, 0) is 7.05 Å². The molecule has 0 atom stereocenters. The third-order valence-electron chi connectivity index (χ3n) is 2.95. The van der Waals surface area contributed by atoms with Crippen LogP contribution in [0.3, 0.4) is 0 Å². The van der Waals surface area contributed by atoms with Crippen molar-refractivity contribution in [3.8, 4) is 11.4 Å². The lowest BCUT2D eigenvalue weighted by atomic mass is 10.2. The predicted molar refractivity (Wildman–Crippen MR) is 63.0 cm³/mol. The van der Waals surface area contributed by atoms with Crippen LogP contribution in [0, 0.1) is 12.7 Å². The van der Waals surface area contributed by atoms with E-state index < -0.39 is 0 Å². The summed E-state index contributed by atoms with van der Waals surface area (Å²) >= 11 is 0. The number of rotatable bonds is 1. The average molecular weight is 230 g/mol. The molecule has 2 heterocycles. The number of hydrogen-bond acceptors (Lipinski definition) is 2. The normalized spacial score (nSPS) is 11.2. The van der Waals surface area contributed by atoms with E-state index in [0.29, 0.717) is 16.9 Å². The summed E-state index contributed by atoms with van der Waals surface area (Å²) < 4.78 is 15.3. The van der Waals surface area contributed by atoms with E-state index in [2.05, 4.69) is 15.1 Å². The fraction of sp³-hybridized carbons (Fsp3) is 0.167. The lowest BCUT2D eigenvalue weighted by Gasteiger charge is -1.95. The van der Waals surface area contributed by atoms with Crippen LogP contribution in [0.4, 0.5) is 4.39 Å². The molecule has 0 aliphatic rings. The Kier molecular flexibility index (Phi) is 2.01. The van der Waals surface area contributed by atoms with Gasteiger partial charge in [-0.2, -0.15) is 5.10 Å². The standard InChI is InChI=1S/C12H11FN4/c1-7-8(6-14-17(7)2)12-15-10-5-3-4-9(13)11(10)16-12/h3-6H,1-2H3,(H,15,16). The molecule has 0 aliphatic heterocycles. The molecule has 3 aromatic rings. The van der Waals surface area contributed by atoms with Gasteiger partial charge in [0.15, 0.2) is 5.82 Å². The second-order valence-corrected chi connectivity index (χ2v) is 3.99. The molecule has 0 bridgehead atoms. The van der Waals surface area contributed by atoms with Crippen molar-refractivity contribution >= 4 is 11.0 Å². The highest BCUT2D eigenvalue weighted by molar-refractivity contribution is 5.80. The van der Waals surface area contributed by atoms with Crippen LogP contribution in [0.15, 0.2) is 24.4 Å². The maximum atomic E-state index is 13.5. The maximum absolute atomic E-state index is 13.5. The van der Waals surface area contributed by atoms with Gasteiger partial charge in [-0.15, -0.1) is 0 Å². The number of para-hydroxylation sites is 1. The number of nitrogens with one attached hydrogen (secondary N) is 1. The van der Waals surface area contributed by atoms with Crippen LogP contribution in [-0.4, -0.2) is 19.7 Å². The topological polar surface area (TPSA) is 46.5 Å². The third kappa shape index (κ3) is 1.43. The summed E-state index contributed by atoms with van der Waals surface area (Å²) in [6, 6.07) is 4.87. The van der Waals surface area contributed by atoms with E-state index in [1.54, 1.807) is 23.0 Å². The number of nitrogens with zero attached hydrogens (tertiary/aromatic N) is 3. The molecule has 0 saturated heterocycles. The van der Waals surface area contributed by atoms with Crippen LogP contribution in [0.2, 0.25) is 0 Å². The monoisotopic (exact) mass is 230 g/mol. The van der Waals surface area contributed by atoms with E-state index >= 15 is 0 Å². The van der Waals surface area contributed by atoms with Crippen LogP contribution >= 0.6 is 0 Å². The summed E-state index contributed by atoms with van der Waals surface area (Å²) in [5, 5.41) is 4.15. The van der Waals surface area contributed by atoms with Gasteiger partial charge in [0.1, 0.15) is 11.3 Å². The number of aromatic nitrogens is 4. The molecule has 86 valence electrons. The van der Waals surface area contributed by atoms with Crippen molar-refractivity contribution in [1.82, 2.24) is 19.7 Å². The van der Waals surface area contributed by atoms with Crippen molar-refractivity contribution in [2.45, 2.75) is 6.92 Å². The minimum absolute atomic E-state index is 0.313. The molecule has 5 heteroatoms. The van der Waals surface area contributed by atoms with Gasteiger partial charge in [0, 0.05) is 12.7 Å². The zero-order valence-corrected chi connectivity index (χ0v) is 9.53. The van der Waals surface area contributed by atoms with Gasteiger partial charge in [-0.05, 0) is 19.1 Å². The van der Waals surface area contributed by atoms with Crippen LogP contribution in [0.1, 0.15) is 5.69 Å². The van der Waals surface area contributed by atoms with Crippen LogP contribution in [0.5, 0.6) is 0 Å². The molecule has 1 aromatic carbocycles. The number of aryl methyl sites for hydroxylation is 1. The average Bonchev–Trinajstić information content (AvgIpc) is 2.85. The minimum atomic E-state index is -0.313. The zero-order chi connectivity index (χ0) is 12.0. The number of fused-ring (bicyclic) bond motifs is 1. The molecule has 0 amide bonds. The first kappa shape index (κ1) is 10.0. The first-order chi connectivity index (χ1) is 8.16. The third-order valence-corrected chi connectivity index (χ3v) is 2.95. The van der Waals surface area contributed by atoms with Gasteiger partial charge in [-0.25, -0.2) is 9.37 Å². The highest BCUT2D eigenvalue weighted by Gasteiger charge is 2.12. The molecule has 0 unspecified atom stereocenters. The largest absolute Gasteiger partial charge is 0.338 e. The second kappa shape index (κ2) is 3.41. The Labute approximate surface area is 97.1 Å². The lowest BCUT2D eigenvalue weighted by Crippen LogP contribution is -1.92. The second-order valence-electron chi connectivity index (χ2n) is 3.99. The summed E-state index contributed by atoms with van der Waals surface area (Å²) in [6.07, 6.45) is 1.73. The van der Waals surface area contributed by atoms with Crippen LogP contribution in [0.25, 0.3) is 22.4 Å². The quantitative estimate of drug-likeness (QED) is 0.697. The number of imidazole rings is 1. The highest BCUT2D eigenvalue weighted by Crippen LogP contribution is 2.23. The first-order valence-electron chi connectivity index (χ1n) is 5.30. The Balaban J connectivity index is 2.25. The van der Waals surface area contributed by atoms with Gasteiger partial charge in [0.25, 0.3) is 0 Å². The lowest BCUT2D eigenvalue weighted by molar-refractivity contribution is 0.637. The summed E-state index contributed by atoms with van der Waals surface area (Å²) in [4.78, 5) is 7.38. The summed E-state index contributed by atoms with van der Waals surface area (Å²) in [5.41, 5.74) is 2.95. The molecule has 17 heavy (non-hydrogen) atoms. The van der Waals surface area contributed by atoms with E-state index in [1.807, 2.05) is 14.0 Å². The molecule has 3 rings (SSSR count). The number of aromatic amines is 1. The molecular formula is C12H11FN4. The van der Waals surface area contributed by atoms with E-state index in [-0.39, 0.29) is 5.82 Å². The molecule has 0 spiro atoms. The molecule has 0 fully saturated rings. The molecule has 0 radical (unpaired) electrons. The van der Waals surface area contributed by atoms with E-state index in [9.17, 15) is 4.39 Å². The van der Waals surface area contributed by atoms with E-state index in [1.165, 1.54) is 6.07 Å². The number of H-pyrrole nitrogens is 1. The number of hydrogen-bond donors (Lipinski definition) is 1. The highest BCUT2D eigenvalue weighted by atomic mass is 19.1. The van der Waals surface area contributed by atoms with Crippen LogP contribution < -0.4 is 0 Å². The Morgan fingerprint density at radius 3 is 2.82 bits per heavy atom. The molecule has 1 N–H and O–H groups in total. The predicted octanol–water partition coefficient (Wildman–Crippen LogP) is 2.41. The number of benzene rings is 1. The molecule has 4 nitrogen and oxygen atoms in total. The van der Waals surface area contributed by atoms with Gasteiger partial charge in [-0.1, -0.05) is 6.07 Å². The van der Waals surface area contributed by atoms with Crippen molar-refractivity contribution in [3.05, 3.63) is 35.9 Å². The van der Waals surface area contributed by atoms with Crippen molar-refractivity contribution < 1.29 is 4.39 Å². The van der Waals surface area contributed by atoms with Gasteiger partial charge in [0.2, 0.25) is 0 Å². The smallest absolute Gasteiger partial charge is 0.151 e. The minimum Gasteiger partial charge on any atom is -0.338 e. The molecule has 2 aromatic heterocycles. The van der Waals surface area contributed by atoms with E-state index in [4.69, 9.17) is 0 Å². The van der Waals surface area contributed by atoms with Crippen molar-refractivity contribution in [3.63, 3.8) is 0 Å². The van der Waals surface area contributed by atoms with E-state index in [0.717, 1.165) is 11.3 Å². The van der Waals surface area contributed by atoms with Gasteiger partial charge >= 0.3 is 0 Å².